The van der Waals surface area contributed by atoms with Crippen LogP contribution in [0, 0.1) is 6.92 Å². The van der Waals surface area contributed by atoms with Crippen LogP contribution < -0.4 is 10.1 Å². The van der Waals surface area contributed by atoms with Crippen molar-refractivity contribution in [2.75, 3.05) is 13.2 Å². The molecule has 1 amide bonds. The topological polar surface area (TPSA) is 56.1 Å². The Kier molecular flexibility index (Phi) is 5.69. The van der Waals surface area contributed by atoms with Gasteiger partial charge in [-0.1, -0.05) is 30.3 Å². The van der Waals surface area contributed by atoms with Gasteiger partial charge in [-0.2, -0.15) is 5.10 Å². The molecule has 0 atom stereocenters. The van der Waals surface area contributed by atoms with Gasteiger partial charge in [0.1, 0.15) is 5.75 Å². The van der Waals surface area contributed by atoms with Crippen LogP contribution in [0.1, 0.15) is 28.7 Å². The summed E-state index contributed by atoms with van der Waals surface area (Å²) in [6, 6.07) is 19.5. The van der Waals surface area contributed by atoms with E-state index in [1.54, 1.807) is 10.7 Å². The summed E-state index contributed by atoms with van der Waals surface area (Å²) in [6.45, 7) is 5.12. The molecular weight excluding hydrogens is 326 g/mol. The number of hydrogen-bond acceptors (Lipinski definition) is 3. The Bertz CT molecular complexity index is 855. The van der Waals surface area contributed by atoms with Crippen molar-refractivity contribution < 1.29 is 9.53 Å². The van der Waals surface area contributed by atoms with Gasteiger partial charge in [0.15, 0.2) is 5.69 Å². The zero-order valence-electron chi connectivity index (χ0n) is 15.1. The standard InChI is InChI=1S/C21H23N3O2/c1-3-26-19-11-9-17(10-12-19)13-14-22-21(25)20-15-16(2)24(23-20)18-7-5-4-6-8-18/h4-12,15H,3,13-14H2,1-2H3,(H,22,25). The summed E-state index contributed by atoms with van der Waals surface area (Å²) in [7, 11) is 0. The summed E-state index contributed by atoms with van der Waals surface area (Å²) < 4.78 is 7.21. The fraction of sp³-hybridized carbons (Fsp3) is 0.238. The van der Waals surface area contributed by atoms with Crippen molar-refractivity contribution in [3.63, 3.8) is 0 Å². The van der Waals surface area contributed by atoms with Crippen molar-refractivity contribution in [2.45, 2.75) is 20.3 Å². The number of hydrogen-bond donors (Lipinski definition) is 1. The normalized spacial score (nSPS) is 10.5. The maximum atomic E-state index is 12.4. The third kappa shape index (κ3) is 4.30. The number of carbonyl (C=O) groups is 1. The minimum Gasteiger partial charge on any atom is -0.494 e. The Morgan fingerprint density at radius 2 is 1.85 bits per heavy atom. The smallest absolute Gasteiger partial charge is 0.271 e. The van der Waals surface area contributed by atoms with Gasteiger partial charge in [-0.3, -0.25) is 4.79 Å². The maximum Gasteiger partial charge on any atom is 0.271 e. The summed E-state index contributed by atoms with van der Waals surface area (Å²) in [5, 5.41) is 7.36. The first kappa shape index (κ1) is 17.7. The number of aromatic nitrogens is 2. The van der Waals surface area contributed by atoms with Gasteiger partial charge < -0.3 is 10.1 Å². The van der Waals surface area contributed by atoms with Crippen molar-refractivity contribution in [2.24, 2.45) is 0 Å². The second kappa shape index (κ2) is 8.34. The predicted molar refractivity (Wildman–Crippen MR) is 102 cm³/mol. The molecule has 1 heterocycles. The van der Waals surface area contributed by atoms with Crippen LogP contribution in [0.25, 0.3) is 5.69 Å². The number of benzene rings is 2. The molecule has 1 aromatic heterocycles. The van der Waals surface area contributed by atoms with E-state index in [1.807, 2.05) is 68.4 Å². The van der Waals surface area contributed by atoms with Gasteiger partial charge in [0.2, 0.25) is 0 Å². The van der Waals surface area contributed by atoms with Crippen LogP contribution in [0.2, 0.25) is 0 Å². The number of para-hydroxylation sites is 1. The molecule has 0 fully saturated rings. The monoisotopic (exact) mass is 349 g/mol. The third-order valence-electron chi connectivity index (χ3n) is 4.05. The maximum absolute atomic E-state index is 12.4. The summed E-state index contributed by atoms with van der Waals surface area (Å²) in [5.74, 6) is 0.705. The molecule has 3 rings (SSSR count). The van der Waals surface area contributed by atoms with E-state index in [9.17, 15) is 4.79 Å². The van der Waals surface area contributed by atoms with Crippen molar-refractivity contribution in [3.05, 3.63) is 77.6 Å². The largest absolute Gasteiger partial charge is 0.494 e. The van der Waals surface area contributed by atoms with E-state index < -0.39 is 0 Å². The van der Waals surface area contributed by atoms with Crippen LogP contribution in [0.15, 0.2) is 60.7 Å². The zero-order valence-corrected chi connectivity index (χ0v) is 15.1. The van der Waals surface area contributed by atoms with Gasteiger partial charge in [-0.25, -0.2) is 4.68 Å². The van der Waals surface area contributed by atoms with Gasteiger partial charge in [0.25, 0.3) is 5.91 Å². The van der Waals surface area contributed by atoms with Crippen molar-refractivity contribution in [1.82, 2.24) is 15.1 Å². The number of amides is 1. The molecule has 0 aliphatic rings. The second-order valence-electron chi connectivity index (χ2n) is 6.00. The van der Waals surface area contributed by atoms with Crippen LogP contribution in [0.3, 0.4) is 0 Å². The molecule has 0 radical (unpaired) electrons. The minimum atomic E-state index is -0.159. The van der Waals surface area contributed by atoms with E-state index in [1.165, 1.54) is 0 Å². The molecule has 0 aliphatic carbocycles. The van der Waals surface area contributed by atoms with Gasteiger partial charge >= 0.3 is 0 Å². The molecule has 2 aromatic carbocycles. The van der Waals surface area contributed by atoms with Gasteiger partial charge in [-0.05, 0) is 56.2 Å². The Balaban J connectivity index is 1.57. The highest BCUT2D eigenvalue weighted by molar-refractivity contribution is 5.92. The Morgan fingerprint density at radius 1 is 1.12 bits per heavy atom. The van der Waals surface area contributed by atoms with E-state index in [0.717, 1.165) is 29.1 Å². The number of nitrogens with zero attached hydrogens (tertiary/aromatic N) is 2. The van der Waals surface area contributed by atoms with Crippen LogP contribution in [0.4, 0.5) is 0 Å². The van der Waals surface area contributed by atoms with Gasteiger partial charge in [0.05, 0.1) is 12.3 Å². The molecule has 3 aromatic rings. The lowest BCUT2D eigenvalue weighted by molar-refractivity contribution is 0.0948. The molecule has 1 N–H and O–H groups in total. The first-order valence-electron chi connectivity index (χ1n) is 8.79. The second-order valence-corrected chi connectivity index (χ2v) is 6.00. The lowest BCUT2D eigenvalue weighted by atomic mass is 10.1. The molecular formula is C21H23N3O2. The van der Waals surface area contributed by atoms with Crippen LogP contribution in [-0.2, 0) is 6.42 Å². The van der Waals surface area contributed by atoms with E-state index in [0.29, 0.717) is 18.8 Å². The van der Waals surface area contributed by atoms with Gasteiger partial charge in [0, 0.05) is 12.2 Å². The zero-order chi connectivity index (χ0) is 18.4. The summed E-state index contributed by atoms with van der Waals surface area (Å²) in [6.07, 6.45) is 0.760. The number of aryl methyl sites for hydroxylation is 1. The highest BCUT2D eigenvalue weighted by atomic mass is 16.5. The average Bonchev–Trinajstić information content (AvgIpc) is 3.06. The molecule has 0 saturated heterocycles. The summed E-state index contributed by atoms with van der Waals surface area (Å²) in [5.41, 5.74) is 3.45. The van der Waals surface area contributed by atoms with Crippen LogP contribution in [-0.4, -0.2) is 28.8 Å². The van der Waals surface area contributed by atoms with Crippen molar-refractivity contribution >= 4 is 5.91 Å². The molecule has 0 bridgehead atoms. The molecule has 134 valence electrons. The quantitative estimate of drug-likeness (QED) is 0.710. The highest BCUT2D eigenvalue weighted by Gasteiger charge is 2.12. The first-order chi connectivity index (χ1) is 12.7. The summed E-state index contributed by atoms with van der Waals surface area (Å²) in [4.78, 5) is 12.4. The Morgan fingerprint density at radius 3 is 2.54 bits per heavy atom. The fourth-order valence-corrected chi connectivity index (χ4v) is 2.75. The van der Waals surface area contributed by atoms with Gasteiger partial charge in [-0.15, -0.1) is 0 Å². The number of carbonyl (C=O) groups excluding carboxylic acids is 1. The predicted octanol–water partition coefficient (Wildman–Crippen LogP) is 3.55. The number of ether oxygens (including phenoxy) is 1. The molecule has 0 aliphatic heterocycles. The minimum absolute atomic E-state index is 0.159. The molecule has 0 spiro atoms. The van der Waals surface area contributed by atoms with Crippen LogP contribution in [0.5, 0.6) is 5.75 Å². The average molecular weight is 349 g/mol. The molecule has 26 heavy (non-hydrogen) atoms. The fourth-order valence-electron chi connectivity index (χ4n) is 2.75. The van der Waals surface area contributed by atoms with E-state index >= 15 is 0 Å². The molecule has 5 heteroatoms. The molecule has 0 unspecified atom stereocenters. The van der Waals surface area contributed by atoms with E-state index in [4.69, 9.17) is 4.74 Å². The lowest BCUT2D eigenvalue weighted by Gasteiger charge is -2.06. The Labute approximate surface area is 153 Å². The first-order valence-corrected chi connectivity index (χ1v) is 8.79. The number of nitrogens with one attached hydrogen (secondary N) is 1. The van der Waals surface area contributed by atoms with E-state index in [2.05, 4.69) is 10.4 Å². The van der Waals surface area contributed by atoms with Crippen molar-refractivity contribution in [1.29, 1.82) is 0 Å². The van der Waals surface area contributed by atoms with E-state index in [-0.39, 0.29) is 5.91 Å². The SMILES string of the molecule is CCOc1ccc(CCNC(=O)c2cc(C)n(-c3ccccc3)n2)cc1. The third-order valence-corrected chi connectivity index (χ3v) is 4.05. The molecule has 0 saturated carbocycles. The van der Waals surface area contributed by atoms with Crippen molar-refractivity contribution in [3.8, 4) is 11.4 Å². The Hall–Kier alpha value is -3.08. The van der Waals surface area contributed by atoms with Crippen LogP contribution >= 0.6 is 0 Å². The lowest BCUT2D eigenvalue weighted by Crippen LogP contribution is -2.26. The summed E-state index contributed by atoms with van der Waals surface area (Å²) >= 11 is 0. The molecule has 5 nitrogen and oxygen atoms in total. The number of rotatable bonds is 7. The highest BCUT2D eigenvalue weighted by Crippen LogP contribution is 2.13.